The summed E-state index contributed by atoms with van der Waals surface area (Å²) in [7, 11) is 1.23. The molecule has 1 aliphatic rings. The van der Waals surface area contributed by atoms with Gasteiger partial charge in [-0.25, -0.2) is 4.79 Å². The number of esters is 1. The Kier molecular flexibility index (Phi) is 5.41. The van der Waals surface area contributed by atoms with Crippen LogP contribution in [0.15, 0.2) is 41.3 Å². The van der Waals surface area contributed by atoms with Crippen LogP contribution in [0.2, 0.25) is 0 Å². The lowest BCUT2D eigenvalue weighted by Gasteiger charge is -2.19. The number of rotatable bonds is 5. The van der Waals surface area contributed by atoms with Gasteiger partial charge in [-0.3, -0.25) is 4.79 Å². The van der Waals surface area contributed by atoms with Gasteiger partial charge in [0.1, 0.15) is 11.3 Å². The lowest BCUT2D eigenvalue weighted by atomic mass is 9.95. The minimum Gasteiger partial charge on any atom is -0.474 e. The van der Waals surface area contributed by atoms with Crippen LogP contribution in [-0.4, -0.2) is 35.7 Å². The van der Waals surface area contributed by atoms with Crippen LogP contribution < -0.4 is 0 Å². The highest BCUT2D eigenvalue weighted by atomic mass is 32.1. The average Bonchev–Trinajstić information content (AvgIpc) is 3.06. The highest BCUT2D eigenvalue weighted by molar-refractivity contribution is 7.10. The number of carbonyl (C=O) groups is 2. The van der Waals surface area contributed by atoms with Gasteiger partial charge in [0.25, 0.3) is 0 Å². The third kappa shape index (κ3) is 3.49. The quantitative estimate of drug-likeness (QED) is 0.503. The van der Waals surface area contributed by atoms with E-state index in [0.717, 1.165) is 4.88 Å². The molecule has 1 aliphatic heterocycles. The molecule has 1 aromatic heterocycles. The Labute approximate surface area is 144 Å². The lowest BCUT2D eigenvalue weighted by molar-refractivity contribution is -0.138. The lowest BCUT2D eigenvalue weighted by Crippen LogP contribution is -2.32. The highest BCUT2D eigenvalue weighted by Crippen LogP contribution is 2.40. The SMILES string of the molecule is COC(=O)C1=C(c2ccsc2C)O[C@](C)(/C=C/C=C/[C@@H](C)O)C1=O. The standard InChI is InChI=1S/C18H20O5S/c1-11(19)7-5-6-9-18(3)16(20)14(17(21)22-4)15(23-18)13-8-10-24-12(13)2/h5-11,19H,1-4H3/b7-5+,9-6+/t11-,18-/m1/s1. The first-order chi connectivity index (χ1) is 11.3. The van der Waals surface area contributed by atoms with Crippen molar-refractivity contribution in [1.82, 2.24) is 0 Å². The number of Topliss-reactive ketones (excluding diaryl/α,β-unsaturated/α-hetero) is 1. The summed E-state index contributed by atoms with van der Waals surface area (Å²) in [5.41, 5.74) is -0.660. The number of ether oxygens (including phenoxy) is 2. The molecule has 0 aliphatic carbocycles. The number of allylic oxidation sites excluding steroid dienone is 2. The molecule has 2 atom stereocenters. The summed E-state index contributed by atoms with van der Waals surface area (Å²) in [4.78, 5) is 25.8. The van der Waals surface area contributed by atoms with E-state index in [1.165, 1.54) is 18.4 Å². The topological polar surface area (TPSA) is 72.8 Å². The van der Waals surface area contributed by atoms with Crippen molar-refractivity contribution in [2.45, 2.75) is 32.5 Å². The molecule has 1 aromatic rings. The Morgan fingerprint density at radius 2 is 2.17 bits per heavy atom. The predicted octanol–water partition coefficient (Wildman–Crippen LogP) is 2.79. The Morgan fingerprint density at radius 3 is 2.71 bits per heavy atom. The summed E-state index contributed by atoms with van der Waals surface area (Å²) >= 11 is 1.50. The van der Waals surface area contributed by atoms with Gasteiger partial charge in [-0.1, -0.05) is 18.2 Å². The molecule has 0 bridgehead atoms. The van der Waals surface area contributed by atoms with Gasteiger partial charge in [0, 0.05) is 10.4 Å². The second-order valence-electron chi connectivity index (χ2n) is 5.61. The third-order valence-corrected chi connectivity index (χ3v) is 4.47. The maximum Gasteiger partial charge on any atom is 0.345 e. The zero-order valence-corrected chi connectivity index (χ0v) is 14.8. The number of aryl methyl sites for hydroxylation is 1. The van der Waals surface area contributed by atoms with Crippen LogP contribution in [0.5, 0.6) is 0 Å². The van der Waals surface area contributed by atoms with Crippen LogP contribution in [0.4, 0.5) is 0 Å². The molecule has 1 N–H and O–H groups in total. The Hall–Kier alpha value is -2.18. The maximum atomic E-state index is 12.8. The molecule has 5 nitrogen and oxygen atoms in total. The zero-order valence-electron chi connectivity index (χ0n) is 14.0. The first kappa shape index (κ1) is 18.2. The van der Waals surface area contributed by atoms with Crippen molar-refractivity contribution in [3.63, 3.8) is 0 Å². The van der Waals surface area contributed by atoms with E-state index in [2.05, 4.69) is 0 Å². The zero-order chi connectivity index (χ0) is 17.9. The molecule has 2 heterocycles. The molecule has 0 saturated heterocycles. The highest BCUT2D eigenvalue weighted by Gasteiger charge is 2.47. The largest absolute Gasteiger partial charge is 0.474 e. The van der Waals surface area contributed by atoms with Crippen molar-refractivity contribution in [3.8, 4) is 0 Å². The van der Waals surface area contributed by atoms with Crippen LogP contribution in [0.25, 0.3) is 5.76 Å². The normalized spacial score (nSPS) is 22.5. The molecule has 24 heavy (non-hydrogen) atoms. The molecular weight excluding hydrogens is 328 g/mol. The first-order valence-corrected chi connectivity index (χ1v) is 8.33. The number of carbonyl (C=O) groups excluding carboxylic acids is 2. The number of aliphatic hydroxyl groups is 1. The van der Waals surface area contributed by atoms with Crippen molar-refractivity contribution < 1.29 is 24.2 Å². The van der Waals surface area contributed by atoms with Crippen molar-refractivity contribution in [2.24, 2.45) is 0 Å². The second kappa shape index (κ2) is 7.15. The number of thiophene rings is 1. The predicted molar refractivity (Wildman–Crippen MR) is 92.4 cm³/mol. The fourth-order valence-electron chi connectivity index (χ4n) is 2.33. The smallest absolute Gasteiger partial charge is 0.345 e. The van der Waals surface area contributed by atoms with E-state index < -0.39 is 23.5 Å². The molecule has 0 spiro atoms. The number of hydrogen-bond donors (Lipinski definition) is 1. The van der Waals surface area contributed by atoms with Crippen molar-refractivity contribution in [3.05, 3.63) is 51.8 Å². The van der Waals surface area contributed by atoms with Gasteiger partial charge < -0.3 is 14.6 Å². The van der Waals surface area contributed by atoms with Gasteiger partial charge in [-0.2, -0.15) is 0 Å². The van der Waals surface area contributed by atoms with E-state index in [1.54, 1.807) is 38.2 Å². The van der Waals surface area contributed by atoms with Crippen LogP contribution >= 0.6 is 11.3 Å². The van der Waals surface area contributed by atoms with Gasteiger partial charge in [0.15, 0.2) is 5.60 Å². The monoisotopic (exact) mass is 348 g/mol. The molecule has 2 rings (SSSR count). The maximum absolute atomic E-state index is 12.8. The minimum absolute atomic E-state index is 0.0781. The van der Waals surface area contributed by atoms with Gasteiger partial charge in [-0.05, 0) is 38.3 Å². The van der Waals surface area contributed by atoms with E-state index >= 15 is 0 Å². The molecule has 0 unspecified atom stereocenters. The average molecular weight is 348 g/mol. The van der Waals surface area contributed by atoms with Gasteiger partial charge in [0.2, 0.25) is 5.78 Å². The van der Waals surface area contributed by atoms with E-state index in [9.17, 15) is 14.7 Å². The van der Waals surface area contributed by atoms with Gasteiger partial charge >= 0.3 is 5.97 Å². The second-order valence-corrected chi connectivity index (χ2v) is 6.73. The van der Waals surface area contributed by atoms with E-state index in [1.807, 2.05) is 18.4 Å². The molecule has 0 radical (unpaired) electrons. The number of ketones is 1. The molecular formula is C18H20O5S. The van der Waals surface area contributed by atoms with Crippen LogP contribution in [0, 0.1) is 6.92 Å². The summed E-state index contributed by atoms with van der Waals surface area (Å²) in [6.45, 7) is 5.12. The van der Waals surface area contributed by atoms with E-state index in [-0.39, 0.29) is 11.3 Å². The van der Waals surface area contributed by atoms with E-state index in [0.29, 0.717) is 5.56 Å². The minimum atomic E-state index is -1.30. The molecule has 128 valence electrons. The van der Waals surface area contributed by atoms with Gasteiger partial charge in [-0.15, -0.1) is 11.3 Å². The Balaban J connectivity index is 2.41. The summed E-state index contributed by atoms with van der Waals surface area (Å²) in [5, 5.41) is 11.1. The number of hydrogen-bond acceptors (Lipinski definition) is 6. The molecule has 0 fully saturated rings. The molecule has 6 heteroatoms. The summed E-state index contributed by atoms with van der Waals surface area (Å²) in [6.07, 6.45) is 5.78. The van der Waals surface area contributed by atoms with E-state index in [4.69, 9.17) is 9.47 Å². The van der Waals surface area contributed by atoms with Crippen molar-refractivity contribution >= 4 is 28.8 Å². The molecule has 0 saturated carbocycles. The molecule has 0 aromatic carbocycles. The summed E-state index contributed by atoms with van der Waals surface area (Å²) in [5.74, 6) is -0.911. The van der Waals surface area contributed by atoms with Crippen LogP contribution in [-0.2, 0) is 19.1 Å². The van der Waals surface area contributed by atoms with Crippen molar-refractivity contribution in [1.29, 1.82) is 0 Å². The summed E-state index contributed by atoms with van der Waals surface area (Å²) in [6, 6.07) is 1.81. The van der Waals surface area contributed by atoms with Crippen molar-refractivity contribution in [2.75, 3.05) is 7.11 Å². The fraction of sp³-hybridized carbons (Fsp3) is 0.333. The Bertz CT molecular complexity index is 738. The third-order valence-electron chi connectivity index (χ3n) is 3.63. The summed E-state index contributed by atoms with van der Waals surface area (Å²) < 4.78 is 10.6. The van der Waals surface area contributed by atoms with Gasteiger partial charge in [0.05, 0.1) is 13.2 Å². The first-order valence-electron chi connectivity index (χ1n) is 7.45. The van der Waals surface area contributed by atoms with Crippen LogP contribution in [0.1, 0.15) is 24.3 Å². The van der Waals surface area contributed by atoms with Crippen LogP contribution in [0.3, 0.4) is 0 Å². The Morgan fingerprint density at radius 1 is 1.46 bits per heavy atom. The number of methoxy groups -OCH3 is 1. The fourth-order valence-corrected chi connectivity index (χ4v) is 3.03. The number of aliphatic hydroxyl groups excluding tert-OH is 1. The molecule has 0 amide bonds.